The second-order valence-electron chi connectivity index (χ2n) is 7.61. The molecular weight excluding hydrogens is 440 g/mol. The van der Waals surface area contributed by atoms with E-state index < -0.39 is 11.9 Å². The molecule has 0 saturated carbocycles. The Kier molecular flexibility index (Phi) is 5.07. The molecule has 3 aromatic heterocycles. The molecule has 1 amide bonds. The number of carbonyl (C=O) groups excluding carboxylic acids is 1. The van der Waals surface area contributed by atoms with E-state index in [1.54, 1.807) is 29.1 Å². The van der Waals surface area contributed by atoms with Crippen LogP contribution in [0, 0.1) is 0 Å². The Labute approximate surface area is 193 Å². The molecular formula is C24H19ClN6O2. The van der Waals surface area contributed by atoms with Crippen molar-refractivity contribution in [1.82, 2.24) is 24.5 Å². The molecule has 3 heterocycles. The zero-order valence-corrected chi connectivity index (χ0v) is 18.3. The third kappa shape index (κ3) is 3.50. The van der Waals surface area contributed by atoms with Crippen molar-refractivity contribution in [3.05, 3.63) is 99.8 Å². The summed E-state index contributed by atoms with van der Waals surface area (Å²) in [6.07, 6.45) is 4.70. The average Bonchev–Trinajstić information content (AvgIpc) is 3.15. The number of aromatic nitrogens is 4. The fourth-order valence-corrected chi connectivity index (χ4v) is 4.26. The summed E-state index contributed by atoms with van der Waals surface area (Å²) in [7, 11) is 0. The summed E-state index contributed by atoms with van der Waals surface area (Å²) >= 11 is 6.37. The number of amides is 1. The molecule has 8 nitrogen and oxygen atoms in total. The molecule has 0 saturated heterocycles. The molecule has 5 rings (SSSR count). The van der Waals surface area contributed by atoms with Gasteiger partial charge in [0, 0.05) is 23.8 Å². The van der Waals surface area contributed by atoms with Gasteiger partial charge in [0.15, 0.2) is 5.82 Å². The molecule has 5 aromatic rings. The predicted octanol–water partition coefficient (Wildman–Crippen LogP) is 3.76. The van der Waals surface area contributed by atoms with Crippen LogP contribution in [0.2, 0.25) is 5.02 Å². The molecule has 0 aliphatic heterocycles. The Balaban J connectivity index is 1.64. The number of hydrogen-bond donors (Lipinski definition) is 2. The molecule has 164 valence electrons. The number of carbonyl (C=O) groups is 1. The fraction of sp³-hybridized carbons (Fsp3) is 0.0833. The van der Waals surface area contributed by atoms with Gasteiger partial charge in [0.2, 0.25) is 0 Å². The van der Waals surface area contributed by atoms with Crippen LogP contribution in [0.15, 0.2) is 78.0 Å². The highest BCUT2D eigenvalue weighted by Crippen LogP contribution is 2.26. The summed E-state index contributed by atoms with van der Waals surface area (Å²) in [5.74, 6) is -0.320. The Morgan fingerprint density at radius 2 is 1.94 bits per heavy atom. The van der Waals surface area contributed by atoms with E-state index in [1.807, 2.05) is 49.4 Å². The number of fused-ring (bicyclic) bond motifs is 2. The molecule has 0 bridgehead atoms. The Morgan fingerprint density at radius 1 is 1.15 bits per heavy atom. The minimum Gasteiger partial charge on any atom is -0.382 e. The number of nitrogens with zero attached hydrogens (tertiary/aromatic N) is 4. The van der Waals surface area contributed by atoms with Crippen LogP contribution >= 0.6 is 11.6 Å². The fourth-order valence-electron chi connectivity index (χ4n) is 4.00. The largest absolute Gasteiger partial charge is 0.382 e. The molecule has 0 spiro atoms. The van der Waals surface area contributed by atoms with Gasteiger partial charge in [-0.05, 0) is 36.6 Å². The van der Waals surface area contributed by atoms with Crippen molar-refractivity contribution >= 4 is 39.6 Å². The van der Waals surface area contributed by atoms with E-state index in [-0.39, 0.29) is 16.9 Å². The summed E-state index contributed by atoms with van der Waals surface area (Å²) in [6, 6.07) is 15.8. The van der Waals surface area contributed by atoms with E-state index in [4.69, 9.17) is 17.3 Å². The van der Waals surface area contributed by atoms with Crippen LogP contribution < -0.4 is 16.6 Å². The van der Waals surface area contributed by atoms with Gasteiger partial charge in [0.25, 0.3) is 11.5 Å². The van der Waals surface area contributed by atoms with E-state index in [9.17, 15) is 9.59 Å². The Morgan fingerprint density at radius 3 is 2.73 bits per heavy atom. The normalized spacial score (nSPS) is 12.2. The van der Waals surface area contributed by atoms with Crippen molar-refractivity contribution in [1.29, 1.82) is 0 Å². The highest BCUT2D eigenvalue weighted by molar-refractivity contribution is 6.35. The molecule has 0 unspecified atom stereocenters. The maximum atomic E-state index is 13.5. The van der Waals surface area contributed by atoms with Crippen LogP contribution in [-0.2, 0) is 0 Å². The number of hydrogen-bond acceptors (Lipinski definition) is 5. The molecule has 1 atom stereocenters. The van der Waals surface area contributed by atoms with Gasteiger partial charge in [-0.25, -0.2) is 4.52 Å². The van der Waals surface area contributed by atoms with Gasteiger partial charge in [-0.2, -0.15) is 0 Å². The van der Waals surface area contributed by atoms with Crippen LogP contribution in [0.25, 0.3) is 22.0 Å². The molecule has 9 heteroatoms. The topological polar surface area (TPSA) is 107 Å². The summed E-state index contributed by atoms with van der Waals surface area (Å²) in [6.45, 7) is 1.81. The lowest BCUT2D eigenvalue weighted by molar-refractivity contribution is 0.0941. The van der Waals surface area contributed by atoms with E-state index in [2.05, 4.69) is 15.4 Å². The number of benzene rings is 2. The minimum atomic E-state index is -0.542. The lowest BCUT2D eigenvalue weighted by Gasteiger charge is -2.21. The third-order valence-corrected chi connectivity index (χ3v) is 5.84. The standard InChI is InChI=1S/C24H19ClN6O2/c1-14(28-23(32)21-19-13-27-10-11-30(19)29-22(21)26)18-12-15-6-5-9-17(25)20(15)24(33)31(18)16-7-3-2-4-8-16/h2-14H,1H3,(H2,26,29)(H,28,32)/t14-/m0/s1. The van der Waals surface area contributed by atoms with Gasteiger partial charge in [-0.1, -0.05) is 41.9 Å². The molecule has 0 radical (unpaired) electrons. The van der Waals surface area contributed by atoms with Crippen LogP contribution in [0.1, 0.15) is 29.0 Å². The molecule has 0 aliphatic carbocycles. The number of nitrogen functional groups attached to an aromatic ring is 1. The lowest BCUT2D eigenvalue weighted by atomic mass is 10.1. The second kappa shape index (κ2) is 8.07. The van der Waals surface area contributed by atoms with Gasteiger partial charge >= 0.3 is 0 Å². The van der Waals surface area contributed by atoms with Gasteiger partial charge < -0.3 is 11.1 Å². The van der Waals surface area contributed by atoms with Gasteiger partial charge in [0.05, 0.1) is 28.2 Å². The maximum Gasteiger partial charge on any atom is 0.264 e. The van der Waals surface area contributed by atoms with Gasteiger partial charge in [-0.15, -0.1) is 5.10 Å². The van der Waals surface area contributed by atoms with Gasteiger partial charge in [0.1, 0.15) is 5.56 Å². The van der Waals surface area contributed by atoms with Crippen LogP contribution in [0.4, 0.5) is 5.82 Å². The highest BCUT2D eigenvalue weighted by atomic mass is 35.5. The van der Waals surface area contributed by atoms with E-state index >= 15 is 0 Å². The number of pyridine rings is 1. The van der Waals surface area contributed by atoms with E-state index in [0.717, 1.165) is 0 Å². The first-order valence-electron chi connectivity index (χ1n) is 10.2. The zero-order valence-electron chi connectivity index (χ0n) is 17.6. The summed E-state index contributed by atoms with van der Waals surface area (Å²) in [5.41, 5.74) is 7.74. The highest BCUT2D eigenvalue weighted by Gasteiger charge is 2.23. The van der Waals surface area contributed by atoms with Crippen LogP contribution in [-0.4, -0.2) is 25.1 Å². The zero-order chi connectivity index (χ0) is 23.1. The minimum absolute atomic E-state index is 0.0958. The molecule has 0 fully saturated rings. The van der Waals surface area contributed by atoms with E-state index in [0.29, 0.717) is 32.7 Å². The Hall–Kier alpha value is -4.17. The number of halogens is 1. The van der Waals surface area contributed by atoms with Crippen molar-refractivity contribution in [2.75, 3.05) is 5.73 Å². The molecule has 33 heavy (non-hydrogen) atoms. The quantitative estimate of drug-likeness (QED) is 0.426. The molecule has 0 aliphatic rings. The summed E-state index contributed by atoms with van der Waals surface area (Å²) < 4.78 is 3.07. The first kappa shape index (κ1) is 20.7. The number of nitrogens with one attached hydrogen (secondary N) is 1. The number of para-hydroxylation sites is 1. The van der Waals surface area contributed by atoms with Crippen molar-refractivity contribution in [2.24, 2.45) is 0 Å². The number of nitrogens with two attached hydrogens (primary N) is 1. The average molecular weight is 459 g/mol. The van der Waals surface area contributed by atoms with Crippen LogP contribution in [0.3, 0.4) is 0 Å². The summed E-state index contributed by atoms with van der Waals surface area (Å²) in [5, 5.41) is 8.61. The van der Waals surface area contributed by atoms with Crippen LogP contribution in [0.5, 0.6) is 0 Å². The predicted molar refractivity (Wildman–Crippen MR) is 128 cm³/mol. The molecule has 3 N–H and O–H groups in total. The maximum absolute atomic E-state index is 13.5. The molecule has 2 aromatic carbocycles. The third-order valence-electron chi connectivity index (χ3n) is 5.52. The lowest BCUT2D eigenvalue weighted by Crippen LogP contribution is -2.32. The number of anilines is 1. The Bertz CT molecular complexity index is 1580. The number of rotatable bonds is 4. The first-order valence-corrected chi connectivity index (χ1v) is 10.6. The van der Waals surface area contributed by atoms with Crippen molar-refractivity contribution in [2.45, 2.75) is 13.0 Å². The smallest absolute Gasteiger partial charge is 0.264 e. The van der Waals surface area contributed by atoms with E-state index in [1.165, 1.54) is 10.7 Å². The first-order chi connectivity index (χ1) is 16.0. The van der Waals surface area contributed by atoms with Crippen molar-refractivity contribution < 1.29 is 4.79 Å². The van der Waals surface area contributed by atoms with Crippen molar-refractivity contribution in [3.63, 3.8) is 0 Å². The monoisotopic (exact) mass is 458 g/mol. The SMILES string of the molecule is C[C@H](NC(=O)c1c(N)nn2ccncc12)c1cc2cccc(Cl)c2c(=O)n1-c1ccccc1. The van der Waals surface area contributed by atoms with Gasteiger partial charge in [-0.3, -0.25) is 19.1 Å². The second-order valence-corrected chi connectivity index (χ2v) is 8.02. The summed E-state index contributed by atoms with van der Waals surface area (Å²) in [4.78, 5) is 30.8. The van der Waals surface area contributed by atoms with Crippen molar-refractivity contribution in [3.8, 4) is 5.69 Å².